The van der Waals surface area contributed by atoms with Crippen molar-refractivity contribution in [1.29, 1.82) is 0 Å². The normalized spacial score (nSPS) is 14.0. The maximum absolute atomic E-state index is 12.2. The van der Waals surface area contributed by atoms with Crippen molar-refractivity contribution in [2.75, 3.05) is 38.1 Å². The van der Waals surface area contributed by atoms with Crippen molar-refractivity contribution in [2.24, 2.45) is 0 Å². The minimum Gasteiger partial charge on any atom is -0.494 e. The third kappa shape index (κ3) is 6.00. The number of carbonyl (C=O) groups excluding carboxylic acids is 1. The van der Waals surface area contributed by atoms with Gasteiger partial charge in [0.25, 0.3) is 0 Å². The molecule has 2 N–H and O–H groups in total. The Labute approximate surface area is 161 Å². The van der Waals surface area contributed by atoms with E-state index in [1.54, 1.807) is 0 Å². The maximum Gasteiger partial charge on any atom is 0.321 e. The number of nitrogens with zero attached hydrogens (tertiary/aromatic N) is 1. The summed E-state index contributed by atoms with van der Waals surface area (Å²) in [5.41, 5.74) is 3.42. The fourth-order valence-electron chi connectivity index (χ4n) is 3.11. The van der Waals surface area contributed by atoms with Crippen molar-refractivity contribution in [3.05, 3.63) is 59.7 Å². The summed E-state index contributed by atoms with van der Waals surface area (Å²) in [7, 11) is 0. The summed E-state index contributed by atoms with van der Waals surface area (Å²) in [6, 6.07) is 16.4. The molecule has 5 nitrogen and oxygen atoms in total. The van der Waals surface area contributed by atoms with E-state index >= 15 is 0 Å². The molecule has 0 bridgehead atoms. The van der Waals surface area contributed by atoms with Gasteiger partial charge < -0.3 is 20.3 Å². The monoisotopic (exact) mass is 367 g/mol. The van der Waals surface area contributed by atoms with Gasteiger partial charge in [0, 0.05) is 31.9 Å². The van der Waals surface area contributed by atoms with Gasteiger partial charge in [0.05, 0.1) is 6.61 Å². The Balaban J connectivity index is 1.38. The van der Waals surface area contributed by atoms with Gasteiger partial charge in [0.1, 0.15) is 5.75 Å². The number of nitrogens with one attached hydrogen (secondary N) is 2. The number of benzene rings is 2. The molecule has 5 heteroatoms. The van der Waals surface area contributed by atoms with E-state index < -0.39 is 0 Å². The Hall–Kier alpha value is -2.53. The maximum atomic E-state index is 12.2. The number of rotatable bonds is 7. The van der Waals surface area contributed by atoms with Crippen LogP contribution in [-0.4, -0.2) is 43.7 Å². The average Bonchev–Trinajstić information content (AvgIpc) is 2.73. The van der Waals surface area contributed by atoms with Gasteiger partial charge in [0.15, 0.2) is 0 Å². The van der Waals surface area contributed by atoms with Crippen LogP contribution in [-0.2, 0) is 12.8 Å². The molecule has 2 aromatic carbocycles. The number of carbonyl (C=O) groups is 1. The number of urea groups is 1. The first kappa shape index (κ1) is 19.2. The van der Waals surface area contributed by atoms with Crippen LogP contribution < -0.4 is 15.4 Å². The molecule has 1 saturated heterocycles. The van der Waals surface area contributed by atoms with Gasteiger partial charge in [-0.05, 0) is 54.7 Å². The third-order valence-corrected chi connectivity index (χ3v) is 4.82. The molecule has 0 unspecified atom stereocenters. The first-order valence-corrected chi connectivity index (χ1v) is 9.82. The second-order valence-corrected chi connectivity index (χ2v) is 6.81. The van der Waals surface area contributed by atoms with E-state index in [0.717, 1.165) is 56.9 Å². The molecule has 2 amide bonds. The SMILES string of the molecule is CCc1ccc(OCCCc2ccc(NC(=O)N3CCNCC3)cc2)cc1. The van der Waals surface area contributed by atoms with Crippen LogP contribution in [0.3, 0.4) is 0 Å². The highest BCUT2D eigenvalue weighted by Gasteiger charge is 2.15. The minimum atomic E-state index is -0.0215. The summed E-state index contributed by atoms with van der Waals surface area (Å²) < 4.78 is 5.80. The molecule has 1 aliphatic heterocycles. The van der Waals surface area contributed by atoms with E-state index in [-0.39, 0.29) is 6.03 Å². The van der Waals surface area contributed by atoms with E-state index in [1.165, 1.54) is 11.1 Å². The molecule has 0 radical (unpaired) electrons. The fraction of sp³-hybridized carbons (Fsp3) is 0.409. The molecule has 1 aliphatic rings. The van der Waals surface area contributed by atoms with Crippen LogP contribution in [0.1, 0.15) is 24.5 Å². The second-order valence-electron chi connectivity index (χ2n) is 6.81. The van der Waals surface area contributed by atoms with Gasteiger partial charge in [-0.3, -0.25) is 0 Å². The van der Waals surface area contributed by atoms with Crippen LogP contribution in [0.4, 0.5) is 10.5 Å². The van der Waals surface area contributed by atoms with E-state index in [0.29, 0.717) is 6.61 Å². The Morgan fingerprint density at radius 2 is 1.70 bits per heavy atom. The number of hydrogen-bond acceptors (Lipinski definition) is 3. The summed E-state index contributed by atoms with van der Waals surface area (Å²) in [4.78, 5) is 14.1. The molecular formula is C22H29N3O2. The lowest BCUT2D eigenvalue weighted by molar-refractivity contribution is 0.204. The number of hydrogen-bond donors (Lipinski definition) is 2. The van der Waals surface area contributed by atoms with Crippen molar-refractivity contribution < 1.29 is 9.53 Å². The van der Waals surface area contributed by atoms with Crippen LogP contribution in [0, 0.1) is 0 Å². The Bertz CT molecular complexity index is 707. The van der Waals surface area contributed by atoms with E-state index in [1.807, 2.05) is 29.2 Å². The first-order chi connectivity index (χ1) is 13.2. The lowest BCUT2D eigenvalue weighted by Crippen LogP contribution is -2.48. The quantitative estimate of drug-likeness (QED) is 0.734. The number of amides is 2. The molecular weight excluding hydrogens is 338 g/mol. The van der Waals surface area contributed by atoms with Crippen LogP contribution in [0.25, 0.3) is 0 Å². The summed E-state index contributed by atoms with van der Waals surface area (Å²) in [6.07, 6.45) is 2.97. The molecule has 1 heterocycles. The standard InChI is InChI=1S/C22H29N3O2/c1-2-18-7-11-21(12-8-18)27-17-3-4-19-5-9-20(10-6-19)24-22(26)25-15-13-23-14-16-25/h5-12,23H,2-4,13-17H2,1H3,(H,24,26). The predicted molar refractivity (Wildman–Crippen MR) is 110 cm³/mol. The molecule has 0 atom stereocenters. The summed E-state index contributed by atoms with van der Waals surface area (Å²) in [5.74, 6) is 0.929. The molecule has 27 heavy (non-hydrogen) atoms. The van der Waals surface area contributed by atoms with Gasteiger partial charge in [-0.1, -0.05) is 31.2 Å². The Kier molecular flexibility index (Phi) is 7.11. The Morgan fingerprint density at radius 3 is 2.37 bits per heavy atom. The lowest BCUT2D eigenvalue weighted by atomic mass is 10.1. The second kappa shape index (κ2) is 9.97. The molecule has 0 aliphatic carbocycles. The number of aryl methyl sites for hydroxylation is 2. The highest BCUT2D eigenvalue weighted by atomic mass is 16.5. The lowest BCUT2D eigenvalue weighted by Gasteiger charge is -2.27. The molecule has 3 rings (SSSR count). The van der Waals surface area contributed by atoms with Crippen molar-refractivity contribution >= 4 is 11.7 Å². The van der Waals surface area contributed by atoms with E-state index in [9.17, 15) is 4.79 Å². The largest absolute Gasteiger partial charge is 0.494 e. The van der Waals surface area contributed by atoms with Crippen molar-refractivity contribution in [2.45, 2.75) is 26.2 Å². The zero-order valence-electron chi connectivity index (χ0n) is 16.0. The molecule has 2 aromatic rings. The van der Waals surface area contributed by atoms with E-state index in [4.69, 9.17) is 4.74 Å². The summed E-state index contributed by atoms with van der Waals surface area (Å²) in [5, 5.41) is 6.22. The number of anilines is 1. The third-order valence-electron chi connectivity index (χ3n) is 4.82. The zero-order chi connectivity index (χ0) is 18.9. The van der Waals surface area contributed by atoms with Crippen LogP contribution >= 0.6 is 0 Å². The van der Waals surface area contributed by atoms with Crippen LogP contribution in [0.5, 0.6) is 5.75 Å². The predicted octanol–water partition coefficient (Wildman–Crippen LogP) is 3.70. The van der Waals surface area contributed by atoms with Crippen molar-refractivity contribution in [3.63, 3.8) is 0 Å². The highest BCUT2D eigenvalue weighted by molar-refractivity contribution is 5.89. The average molecular weight is 367 g/mol. The zero-order valence-corrected chi connectivity index (χ0v) is 16.0. The van der Waals surface area contributed by atoms with Crippen LogP contribution in [0.2, 0.25) is 0 Å². The van der Waals surface area contributed by atoms with Gasteiger partial charge in [0.2, 0.25) is 0 Å². The molecule has 0 spiro atoms. The van der Waals surface area contributed by atoms with Crippen molar-refractivity contribution in [1.82, 2.24) is 10.2 Å². The molecule has 1 fully saturated rings. The summed E-state index contributed by atoms with van der Waals surface area (Å²) >= 11 is 0. The topological polar surface area (TPSA) is 53.6 Å². The van der Waals surface area contributed by atoms with Crippen molar-refractivity contribution in [3.8, 4) is 5.75 Å². The Morgan fingerprint density at radius 1 is 1.04 bits per heavy atom. The number of ether oxygens (including phenoxy) is 1. The molecule has 144 valence electrons. The number of piperazine rings is 1. The highest BCUT2D eigenvalue weighted by Crippen LogP contribution is 2.15. The summed E-state index contributed by atoms with van der Waals surface area (Å²) in [6.45, 7) is 6.08. The first-order valence-electron chi connectivity index (χ1n) is 9.82. The molecule has 0 aromatic heterocycles. The minimum absolute atomic E-state index is 0.0215. The van der Waals surface area contributed by atoms with Crippen LogP contribution in [0.15, 0.2) is 48.5 Å². The van der Waals surface area contributed by atoms with E-state index in [2.05, 4.69) is 41.8 Å². The molecule has 0 saturated carbocycles. The smallest absolute Gasteiger partial charge is 0.321 e. The van der Waals surface area contributed by atoms with Gasteiger partial charge in [-0.2, -0.15) is 0 Å². The fourth-order valence-corrected chi connectivity index (χ4v) is 3.11. The van der Waals surface area contributed by atoms with Gasteiger partial charge in [-0.15, -0.1) is 0 Å². The van der Waals surface area contributed by atoms with Gasteiger partial charge in [-0.25, -0.2) is 4.79 Å². The van der Waals surface area contributed by atoms with Gasteiger partial charge >= 0.3 is 6.03 Å².